The highest BCUT2D eigenvalue weighted by Gasteiger charge is 2.45. The van der Waals surface area contributed by atoms with Crippen LogP contribution in [0, 0.1) is 12.8 Å². The first kappa shape index (κ1) is 17.2. The van der Waals surface area contributed by atoms with Crippen molar-refractivity contribution in [2.75, 3.05) is 0 Å². The largest absolute Gasteiger partial charge is 0.416 e. The number of carbonyl (C=O) groups excluding carboxylic acids is 1. The lowest BCUT2D eigenvalue weighted by molar-refractivity contribution is -0.138. The summed E-state index contributed by atoms with van der Waals surface area (Å²) in [6.07, 6.45) is -3.05. The van der Waals surface area contributed by atoms with E-state index in [0.29, 0.717) is 12.8 Å². The van der Waals surface area contributed by atoms with E-state index in [2.05, 4.69) is 0 Å². The summed E-state index contributed by atoms with van der Waals surface area (Å²) in [5, 5.41) is 0. The first-order valence-electron chi connectivity index (χ1n) is 7.48. The number of hydrogen-bond donors (Lipinski definition) is 1. The molecule has 0 aliphatic carbocycles. The van der Waals surface area contributed by atoms with Crippen molar-refractivity contribution in [2.24, 2.45) is 5.92 Å². The van der Waals surface area contributed by atoms with Crippen molar-refractivity contribution in [3.63, 3.8) is 0 Å². The van der Waals surface area contributed by atoms with E-state index in [1.54, 1.807) is 0 Å². The number of sulfonamides is 1. The van der Waals surface area contributed by atoms with Gasteiger partial charge in [-0.25, -0.2) is 13.1 Å². The predicted octanol–water partition coefficient (Wildman–Crippen LogP) is 2.39. The Hall–Kier alpha value is -1.61. The van der Waals surface area contributed by atoms with E-state index in [1.807, 2.05) is 4.72 Å². The molecule has 3 atom stereocenters. The minimum Gasteiger partial charge on any atom is -0.374 e. The van der Waals surface area contributed by atoms with Gasteiger partial charge < -0.3 is 4.74 Å². The Balaban J connectivity index is 1.85. The number of halogens is 3. The lowest BCUT2D eigenvalue weighted by atomic mass is 9.89. The van der Waals surface area contributed by atoms with Crippen LogP contribution in [0.25, 0.3) is 0 Å². The van der Waals surface area contributed by atoms with Crippen molar-refractivity contribution in [3.8, 4) is 0 Å². The molecule has 0 unspecified atom stereocenters. The highest BCUT2D eigenvalue weighted by atomic mass is 32.2. The van der Waals surface area contributed by atoms with Crippen LogP contribution in [0.3, 0.4) is 0 Å². The Morgan fingerprint density at radius 2 is 2.00 bits per heavy atom. The molecule has 2 aliphatic rings. The second-order valence-electron chi connectivity index (χ2n) is 6.11. The first-order chi connectivity index (χ1) is 11.1. The van der Waals surface area contributed by atoms with Crippen molar-refractivity contribution < 1.29 is 31.1 Å². The van der Waals surface area contributed by atoms with Crippen LogP contribution in [0.5, 0.6) is 0 Å². The van der Waals surface area contributed by atoms with Crippen LogP contribution in [0.4, 0.5) is 13.2 Å². The van der Waals surface area contributed by atoms with Crippen molar-refractivity contribution >= 4 is 15.9 Å². The third kappa shape index (κ3) is 3.02. The number of carbonyl (C=O) groups is 1. The minimum atomic E-state index is -4.67. The zero-order chi connectivity index (χ0) is 17.7. The molecule has 9 heteroatoms. The van der Waals surface area contributed by atoms with Crippen LogP contribution < -0.4 is 4.72 Å². The van der Waals surface area contributed by atoms with Gasteiger partial charge >= 0.3 is 6.18 Å². The molecule has 2 fully saturated rings. The molecule has 0 spiro atoms. The number of benzene rings is 1. The van der Waals surface area contributed by atoms with E-state index in [9.17, 15) is 26.4 Å². The van der Waals surface area contributed by atoms with Crippen molar-refractivity contribution in [1.82, 2.24) is 4.72 Å². The monoisotopic (exact) mass is 363 g/mol. The van der Waals surface area contributed by atoms with Gasteiger partial charge in [-0.1, -0.05) is 6.07 Å². The van der Waals surface area contributed by atoms with Gasteiger partial charge in [-0.2, -0.15) is 13.2 Å². The van der Waals surface area contributed by atoms with Gasteiger partial charge in [0.25, 0.3) is 10.0 Å². The van der Waals surface area contributed by atoms with Crippen LogP contribution >= 0.6 is 0 Å². The lowest BCUT2D eigenvalue weighted by Crippen LogP contribution is -2.39. The average Bonchev–Trinajstić information content (AvgIpc) is 3.08. The van der Waals surface area contributed by atoms with Crippen LogP contribution in [0.2, 0.25) is 0 Å². The fourth-order valence-corrected chi connectivity index (χ4v) is 4.69. The Labute approximate surface area is 137 Å². The van der Waals surface area contributed by atoms with E-state index in [0.717, 1.165) is 31.5 Å². The molecule has 0 saturated carbocycles. The van der Waals surface area contributed by atoms with E-state index in [4.69, 9.17) is 4.74 Å². The number of hydrogen-bond acceptors (Lipinski definition) is 4. The van der Waals surface area contributed by atoms with Gasteiger partial charge in [0.05, 0.1) is 28.6 Å². The number of ether oxygens (including phenoxy) is 1. The highest BCUT2D eigenvalue weighted by molar-refractivity contribution is 7.90. The van der Waals surface area contributed by atoms with E-state index < -0.39 is 44.0 Å². The van der Waals surface area contributed by atoms with Crippen LogP contribution in [0.1, 0.15) is 30.4 Å². The second-order valence-corrected chi connectivity index (χ2v) is 7.76. The van der Waals surface area contributed by atoms with Gasteiger partial charge in [0, 0.05) is 0 Å². The SMILES string of the molecule is Cc1c(C(F)(F)F)cccc1S(=O)(=O)NC(=O)[C@@H]1C[C@H]2CC[C@@H]1O2. The molecule has 2 saturated heterocycles. The van der Waals surface area contributed by atoms with Crippen LogP contribution in [-0.4, -0.2) is 26.5 Å². The summed E-state index contributed by atoms with van der Waals surface area (Å²) in [7, 11) is -4.38. The zero-order valence-corrected chi connectivity index (χ0v) is 13.6. The molecule has 2 heterocycles. The van der Waals surface area contributed by atoms with E-state index >= 15 is 0 Å². The molecule has 1 N–H and O–H groups in total. The number of rotatable bonds is 3. The Morgan fingerprint density at radius 3 is 2.54 bits per heavy atom. The standard InChI is InChI=1S/C15H16F3NO4S/c1-8-11(15(16,17)18)3-2-4-13(8)24(21,22)19-14(20)10-7-9-5-6-12(10)23-9/h2-4,9-10,12H,5-7H2,1H3,(H,19,20)/t9-,10-,12+/m1/s1. The van der Waals surface area contributed by atoms with Crippen molar-refractivity contribution in [1.29, 1.82) is 0 Å². The second kappa shape index (κ2) is 5.73. The number of nitrogens with one attached hydrogen (secondary N) is 1. The Morgan fingerprint density at radius 1 is 1.29 bits per heavy atom. The molecule has 24 heavy (non-hydrogen) atoms. The average molecular weight is 363 g/mol. The quantitative estimate of drug-likeness (QED) is 0.895. The Kier molecular flexibility index (Phi) is 4.11. The summed E-state index contributed by atoms with van der Waals surface area (Å²) in [4.78, 5) is 11.7. The molecule has 1 aromatic carbocycles. The van der Waals surface area contributed by atoms with Gasteiger partial charge in [-0.15, -0.1) is 0 Å². The molecule has 2 bridgehead atoms. The van der Waals surface area contributed by atoms with Gasteiger partial charge in [0.1, 0.15) is 0 Å². The predicted molar refractivity (Wildman–Crippen MR) is 77.5 cm³/mol. The molecular formula is C15H16F3NO4S. The van der Waals surface area contributed by atoms with Crippen LogP contribution in [-0.2, 0) is 25.7 Å². The summed E-state index contributed by atoms with van der Waals surface area (Å²) in [6.45, 7) is 1.07. The zero-order valence-electron chi connectivity index (χ0n) is 12.8. The van der Waals surface area contributed by atoms with Gasteiger partial charge in [-0.3, -0.25) is 4.79 Å². The molecule has 0 aromatic heterocycles. The highest BCUT2D eigenvalue weighted by Crippen LogP contribution is 2.39. The molecule has 132 valence electrons. The van der Waals surface area contributed by atoms with Gasteiger partial charge in [0.15, 0.2) is 0 Å². The maximum absolute atomic E-state index is 12.9. The van der Waals surface area contributed by atoms with Crippen molar-refractivity contribution in [2.45, 2.75) is 49.5 Å². The maximum Gasteiger partial charge on any atom is 0.416 e. The molecule has 1 amide bonds. The third-order valence-corrected chi connectivity index (χ3v) is 6.05. The summed E-state index contributed by atoms with van der Waals surface area (Å²) in [6, 6.07) is 2.87. The molecule has 3 rings (SSSR count). The minimum absolute atomic E-state index is 0.0382. The first-order valence-corrected chi connectivity index (χ1v) is 8.97. The fourth-order valence-electron chi connectivity index (χ4n) is 3.39. The van der Waals surface area contributed by atoms with E-state index in [1.165, 1.54) is 0 Å². The Bertz CT molecular complexity index is 775. The molecule has 0 radical (unpaired) electrons. The van der Waals surface area contributed by atoms with Gasteiger partial charge in [0.2, 0.25) is 5.91 Å². The summed E-state index contributed by atoms with van der Waals surface area (Å²) >= 11 is 0. The third-order valence-electron chi connectivity index (χ3n) is 4.56. The normalized spacial score (nSPS) is 26.6. The molecule has 1 aromatic rings. The molecular weight excluding hydrogens is 347 g/mol. The van der Waals surface area contributed by atoms with Crippen LogP contribution in [0.15, 0.2) is 23.1 Å². The fraction of sp³-hybridized carbons (Fsp3) is 0.533. The lowest BCUT2D eigenvalue weighted by Gasteiger charge is -2.19. The van der Waals surface area contributed by atoms with Gasteiger partial charge in [-0.05, 0) is 43.9 Å². The smallest absolute Gasteiger partial charge is 0.374 e. The summed E-state index contributed by atoms with van der Waals surface area (Å²) in [5.74, 6) is -1.30. The number of alkyl halides is 3. The molecule has 2 aliphatic heterocycles. The van der Waals surface area contributed by atoms with Crippen molar-refractivity contribution in [3.05, 3.63) is 29.3 Å². The maximum atomic E-state index is 12.9. The summed E-state index contributed by atoms with van der Waals surface area (Å²) < 4.78 is 70.9. The van der Waals surface area contributed by atoms with E-state index in [-0.39, 0.29) is 12.2 Å². The number of amides is 1. The molecule has 5 nitrogen and oxygen atoms in total. The summed E-state index contributed by atoms with van der Waals surface area (Å²) in [5.41, 5.74) is -1.48. The topological polar surface area (TPSA) is 72.5 Å². The number of fused-ring (bicyclic) bond motifs is 2.